The molecule has 2 N–H and O–H groups in total. The molecule has 0 saturated heterocycles. The summed E-state index contributed by atoms with van der Waals surface area (Å²) in [5, 5.41) is 17.5. The monoisotopic (exact) mass is 202 g/mol. The van der Waals surface area contributed by atoms with Gasteiger partial charge in [-0.1, -0.05) is 6.07 Å². The Morgan fingerprint density at radius 2 is 1.86 bits per heavy atom. The van der Waals surface area contributed by atoms with Crippen LogP contribution in [0, 0.1) is 11.6 Å². The van der Waals surface area contributed by atoms with E-state index >= 15 is 0 Å². The lowest BCUT2D eigenvalue weighted by atomic mass is 10.1. The molecule has 5 heteroatoms. The average Bonchev–Trinajstić information content (AvgIpc) is 2.01. The Morgan fingerprint density at radius 1 is 1.36 bits per heavy atom. The summed E-state index contributed by atoms with van der Waals surface area (Å²) in [6.45, 7) is 0. The average molecular weight is 202 g/mol. The Kier molecular flexibility index (Phi) is 3.14. The highest BCUT2D eigenvalue weighted by Gasteiger charge is 2.19. The van der Waals surface area contributed by atoms with Crippen LogP contribution in [0.3, 0.4) is 0 Å². The largest absolute Gasteiger partial charge is 0.481 e. The molecule has 0 radical (unpaired) electrons. The highest BCUT2D eigenvalue weighted by atomic mass is 19.1. The summed E-state index contributed by atoms with van der Waals surface area (Å²) >= 11 is 0. The van der Waals surface area contributed by atoms with E-state index < -0.39 is 35.7 Å². The fourth-order valence-electron chi connectivity index (χ4n) is 1.10. The minimum Gasteiger partial charge on any atom is -0.481 e. The number of hydrogen-bond acceptors (Lipinski definition) is 2. The summed E-state index contributed by atoms with van der Waals surface area (Å²) < 4.78 is 25.9. The molecule has 14 heavy (non-hydrogen) atoms. The van der Waals surface area contributed by atoms with E-state index in [1.54, 1.807) is 0 Å². The van der Waals surface area contributed by atoms with Gasteiger partial charge in [0.1, 0.15) is 11.6 Å². The molecular weight excluding hydrogens is 194 g/mol. The lowest BCUT2D eigenvalue weighted by Crippen LogP contribution is -2.09. The van der Waals surface area contributed by atoms with Crippen LogP contribution < -0.4 is 0 Å². The molecule has 0 aliphatic carbocycles. The third kappa shape index (κ3) is 2.26. The van der Waals surface area contributed by atoms with E-state index in [2.05, 4.69) is 0 Å². The Morgan fingerprint density at radius 3 is 2.29 bits per heavy atom. The zero-order valence-electron chi connectivity index (χ0n) is 7.08. The van der Waals surface area contributed by atoms with Crippen LogP contribution >= 0.6 is 0 Å². The number of carboxylic acids is 1. The molecule has 0 fully saturated rings. The van der Waals surface area contributed by atoms with Crippen molar-refractivity contribution in [3.63, 3.8) is 0 Å². The zero-order valence-corrected chi connectivity index (χ0v) is 7.08. The van der Waals surface area contributed by atoms with Crippen LogP contribution in [0.5, 0.6) is 0 Å². The van der Waals surface area contributed by atoms with E-state index in [1.165, 1.54) is 0 Å². The first-order chi connectivity index (χ1) is 6.52. The minimum absolute atomic E-state index is 0.602. The molecule has 0 amide bonds. The Hall–Kier alpha value is -1.49. The number of benzene rings is 1. The topological polar surface area (TPSA) is 57.5 Å². The first kappa shape index (κ1) is 10.6. The van der Waals surface area contributed by atoms with Crippen LogP contribution in [-0.2, 0) is 4.79 Å². The first-order valence-electron chi connectivity index (χ1n) is 3.86. The SMILES string of the molecule is O=C(O)C[C@@H](O)c1c(F)cccc1F. The number of aliphatic hydroxyl groups is 1. The number of rotatable bonds is 3. The van der Waals surface area contributed by atoms with Crippen LogP contribution in [0.25, 0.3) is 0 Å². The molecule has 0 spiro atoms. The second-order valence-electron chi connectivity index (χ2n) is 2.75. The summed E-state index contributed by atoms with van der Waals surface area (Å²) in [5.41, 5.74) is -0.602. The van der Waals surface area contributed by atoms with Gasteiger partial charge in [0.05, 0.1) is 18.1 Å². The summed E-state index contributed by atoms with van der Waals surface area (Å²) in [7, 11) is 0. The van der Waals surface area contributed by atoms with Crippen molar-refractivity contribution >= 4 is 5.97 Å². The molecule has 0 aliphatic rings. The molecule has 0 bridgehead atoms. The summed E-state index contributed by atoms with van der Waals surface area (Å²) in [6.07, 6.45) is -2.38. The van der Waals surface area contributed by atoms with Crippen LogP contribution in [0.15, 0.2) is 18.2 Å². The number of carboxylic acid groups (broad SMARTS) is 1. The number of hydrogen-bond donors (Lipinski definition) is 2. The lowest BCUT2D eigenvalue weighted by molar-refractivity contribution is -0.139. The van der Waals surface area contributed by atoms with E-state index in [9.17, 15) is 18.7 Å². The molecule has 3 nitrogen and oxygen atoms in total. The van der Waals surface area contributed by atoms with E-state index in [0.717, 1.165) is 18.2 Å². The predicted octanol–water partition coefficient (Wildman–Crippen LogP) is 1.47. The smallest absolute Gasteiger partial charge is 0.306 e. The Balaban J connectivity index is 2.99. The van der Waals surface area contributed by atoms with Crippen LogP contribution in [-0.4, -0.2) is 16.2 Å². The van der Waals surface area contributed by atoms with Gasteiger partial charge in [-0.2, -0.15) is 0 Å². The van der Waals surface area contributed by atoms with Gasteiger partial charge in [-0.3, -0.25) is 4.79 Å². The minimum atomic E-state index is -1.66. The van der Waals surface area contributed by atoms with E-state index in [4.69, 9.17) is 5.11 Å². The van der Waals surface area contributed by atoms with Crippen molar-refractivity contribution < 1.29 is 23.8 Å². The fraction of sp³-hybridized carbons (Fsp3) is 0.222. The van der Waals surface area contributed by atoms with Crippen LogP contribution in [0.4, 0.5) is 8.78 Å². The van der Waals surface area contributed by atoms with Gasteiger partial charge in [0.15, 0.2) is 0 Å². The van der Waals surface area contributed by atoms with Crippen molar-refractivity contribution in [3.8, 4) is 0 Å². The van der Waals surface area contributed by atoms with Gasteiger partial charge < -0.3 is 10.2 Å². The molecule has 1 aromatic rings. The maximum Gasteiger partial charge on any atom is 0.306 e. The fourth-order valence-corrected chi connectivity index (χ4v) is 1.10. The molecule has 0 saturated carbocycles. The number of halogens is 2. The third-order valence-corrected chi connectivity index (χ3v) is 1.70. The van der Waals surface area contributed by atoms with Crippen LogP contribution in [0.1, 0.15) is 18.1 Å². The maximum atomic E-state index is 13.0. The number of aliphatic hydroxyl groups excluding tert-OH is 1. The Bertz CT molecular complexity index is 332. The van der Waals surface area contributed by atoms with Crippen molar-refractivity contribution in [3.05, 3.63) is 35.4 Å². The standard InChI is InChI=1S/C9H8F2O3/c10-5-2-1-3-6(11)9(5)7(12)4-8(13)14/h1-3,7,12H,4H2,(H,13,14)/t7-/m1/s1. The number of aliphatic carboxylic acids is 1. The molecule has 1 aromatic carbocycles. The van der Waals surface area contributed by atoms with Crippen LogP contribution in [0.2, 0.25) is 0 Å². The molecule has 1 atom stereocenters. The summed E-state index contributed by atoms with van der Waals surface area (Å²) in [5.74, 6) is -3.21. The second kappa shape index (κ2) is 4.15. The van der Waals surface area contributed by atoms with Gasteiger partial charge in [-0.15, -0.1) is 0 Å². The van der Waals surface area contributed by atoms with Crippen molar-refractivity contribution in [2.24, 2.45) is 0 Å². The second-order valence-corrected chi connectivity index (χ2v) is 2.75. The number of carbonyl (C=O) groups is 1. The lowest BCUT2D eigenvalue weighted by Gasteiger charge is -2.09. The van der Waals surface area contributed by atoms with Gasteiger partial charge >= 0.3 is 5.97 Å². The quantitative estimate of drug-likeness (QED) is 0.780. The van der Waals surface area contributed by atoms with E-state index in [0.29, 0.717) is 0 Å². The van der Waals surface area contributed by atoms with Crippen molar-refractivity contribution in [2.45, 2.75) is 12.5 Å². The normalized spacial score (nSPS) is 12.5. The predicted molar refractivity (Wildman–Crippen MR) is 43.6 cm³/mol. The van der Waals surface area contributed by atoms with Crippen molar-refractivity contribution in [1.82, 2.24) is 0 Å². The van der Waals surface area contributed by atoms with Gasteiger partial charge in [0.25, 0.3) is 0 Å². The van der Waals surface area contributed by atoms with Crippen molar-refractivity contribution in [1.29, 1.82) is 0 Å². The highest BCUT2D eigenvalue weighted by Crippen LogP contribution is 2.22. The first-order valence-corrected chi connectivity index (χ1v) is 3.86. The molecular formula is C9H8F2O3. The molecule has 76 valence electrons. The molecule has 1 rings (SSSR count). The van der Waals surface area contributed by atoms with Gasteiger partial charge in [-0.25, -0.2) is 8.78 Å². The zero-order chi connectivity index (χ0) is 10.7. The van der Waals surface area contributed by atoms with Gasteiger partial charge in [-0.05, 0) is 12.1 Å². The summed E-state index contributed by atoms with van der Waals surface area (Å²) in [4.78, 5) is 10.2. The maximum absolute atomic E-state index is 13.0. The highest BCUT2D eigenvalue weighted by molar-refractivity contribution is 5.67. The summed E-state index contributed by atoms with van der Waals surface area (Å²) in [6, 6.07) is 3.06. The van der Waals surface area contributed by atoms with Gasteiger partial charge in [0, 0.05) is 0 Å². The molecule has 0 aromatic heterocycles. The van der Waals surface area contributed by atoms with E-state index in [-0.39, 0.29) is 0 Å². The molecule has 0 aliphatic heterocycles. The van der Waals surface area contributed by atoms with E-state index in [1.807, 2.05) is 0 Å². The Labute approximate surface area is 78.6 Å². The molecule has 0 unspecified atom stereocenters. The molecule has 0 heterocycles. The van der Waals surface area contributed by atoms with Gasteiger partial charge in [0.2, 0.25) is 0 Å². The van der Waals surface area contributed by atoms with Crippen molar-refractivity contribution in [2.75, 3.05) is 0 Å². The third-order valence-electron chi connectivity index (χ3n) is 1.70.